The topological polar surface area (TPSA) is 81.1 Å². The van der Waals surface area contributed by atoms with Gasteiger partial charge in [0.15, 0.2) is 5.65 Å². The zero-order chi connectivity index (χ0) is 21.1. The Morgan fingerprint density at radius 2 is 1.90 bits per heavy atom. The number of aryl methyl sites for hydroxylation is 3. The highest BCUT2D eigenvalue weighted by molar-refractivity contribution is 6.06. The fourth-order valence-corrected chi connectivity index (χ4v) is 4.08. The van der Waals surface area contributed by atoms with E-state index < -0.39 is 0 Å². The molecule has 0 spiro atoms. The van der Waals surface area contributed by atoms with Crippen LogP contribution in [-0.4, -0.2) is 39.9 Å². The van der Waals surface area contributed by atoms with Crippen LogP contribution in [-0.2, 0) is 17.8 Å². The van der Waals surface area contributed by atoms with Crippen LogP contribution in [0.2, 0.25) is 0 Å². The number of carbonyl (C=O) groups is 1. The molecule has 1 aliphatic rings. The van der Waals surface area contributed by atoms with Crippen molar-refractivity contribution in [2.24, 2.45) is 0 Å². The molecule has 1 amide bonds. The first-order valence-electron chi connectivity index (χ1n) is 10.6. The second-order valence-corrected chi connectivity index (χ2v) is 7.95. The predicted octanol–water partition coefficient (Wildman–Crippen LogP) is 3.59. The molecule has 1 fully saturated rings. The Hall–Kier alpha value is -2.93. The van der Waals surface area contributed by atoms with E-state index in [0.717, 1.165) is 54.9 Å². The van der Waals surface area contributed by atoms with Gasteiger partial charge >= 0.3 is 0 Å². The van der Waals surface area contributed by atoms with E-state index in [0.29, 0.717) is 12.1 Å². The second kappa shape index (κ2) is 8.83. The van der Waals surface area contributed by atoms with Gasteiger partial charge < -0.3 is 15.4 Å². The van der Waals surface area contributed by atoms with Crippen LogP contribution in [0.1, 0.15) is 46.8 Å². The molecule has 158 valence electrons. The Morgan fingerprint density at radius 1 is 1.17 bits per heavy atom. The number of aromatic nitrogens is 3. The zero-order valence-corrected chi connectivity index (χ0v) is 17.9. The van der Waals surface area contributed by atoms with Gasteiger partial charge in [0.25, 0.3) is 5.91 Å². The lowest BCUT2D eigenvalue weighted by Gasteiger charge is -2.25. The number of anilines is 1. The number of fused-ring (bicyclic) bond motifs is 1. The van der Waals surface area contributed by atoms with Crippen LogP contribution in [0.15, 0.2) is 30.6 Å². The summed E-state index contributed by atoms with van der Waals surface area (Å²) in [6, 6.07) is 6.59. The average Bonchev–Trinajstić information content (AvgIpc) is 3.16. The minimum absolute atomic E-state index is 0.137. The normalized spacial score (nSPS) is 14.8. The molecule has 0 radical (unpaired) electrons. The van der Waals surface area contributed by atoms with Crippen LogP contribution in [0, 0.1) is 13.8 Å². The molecular formula is C23H29N5O2. The third-order valence-corrected chi connectivity index (χ3v) is 5.51. The smallest absolute Gasteiger partial charge is 0.255 e. The number of nitrogens with zero attached hydrogens (tertiary/aromatic N) is 3. The summed E-state index contributed by atoms with van der Waals surface area (Å²) in [6.45, 7) is 8.83. The third-order valence-electron chi connectivity index (χ3n) is 5.51. The Morgan fingerprint density at radius 3 is 2.60 bits per heavy atom. The number of nitrogens with one attached hydrogen (secondary N) is 2. The third kappa shape index (κ3) is 4.31. The quantitative estimate of drug-likeness (QED) is 0.653. The summed E-state index contributed by atoms with van der Waals surface area (Å²) in [7, 11) is 0. The van der Waals surface area contributed by atoms with Gasteiger partial charge in [-0.05, 0) is 39.2 Å². The number of amides is 1. The van der Waals surface area contributed by atoms with Crippen LogP contribution in [0.4, 0.5) is 5.69 Å². The minimum Gasteiger partial charge on any atom is -0.381 e. The number of rotatable bonds is 6. The van der Waals surface area contributed by atoms with E-state index in [9.17, 15) is 4.79 Å². The number of pyridine rings is 1. The van der Waals surface area contributed by atoms with Gasteiger partial charge in [-0.25, -0.2) is 9.67 Å². The summed E-state index contributed by atoms with van der Waals surface area (Å²) >= 11 is 0. The molecule has 7 nitrogen and oxygen atoms in total. The first kappa shape index (κ1) is 20.3. The lowest BCUT2D eigenvalue weighted by atomic mass is 10.1. The maximum absolute atomic E-state index is 13.1. The Labute approximate surface area is 176 Å². The van der Waals surface area contributed by atoms with Gasteiger partial charge in [0, 0.05) is 38.5 Å². The first-order chi connectivity index (χ1) is 14.5. The van der Waals surface area contributed by atoms with Crippen LogP contribution >= 0.6 is 0 Å². The summed E-state index contributed by atoms with van der Waals surface area (Å²) in [5.41, 5.74) is 5.62. The van der Waals surface area contributed by atoms with Gasteiger partial charge in [0.1, 0.15) is 0 Å². The molecule has 7 heteroatoms. The molecule has 30 heavy (non-hydrogen) atoms. The van der Waals surface area contributed by atoms with Gasteiger partial charge in [-0.15, -0.1) is 0 Å². The molecule has 0 unspecified atom stereocenters. The summed E-state index contributed by atoms with van der Waals surface area (Å²) in [5, 5.41) is 12.0. The number of ether oxygens (including phenoxy) is 1. The Balaban J connectivity index is 1.62. The van der Waals surface area contributed by atoms with Crippen LogP contribution < -0.4 is 10.6 Å². The lowest BCUT2D eigenvalue weighted by Crippen LogP contribution is -2.30. The molecule has 2 aromatic heterocycles. The van der Waals surface area contributed by atoms with Crippen LogP contribution in [0.5, 0.6) is 0 Å². The monoisotopic (exact) mass is 407 g/mol. The molecule has 3 heterocycles. The van der Waals surface area contributed by atoms with Crippen molar-refractivity contribution in [3.63, 3.8) is 0 Å². The van der Waals surface area contributed by atoms with Gasteiger partial charge in [-0.2, -0.15) is 5.10 Å². The summed E-state index contributed by atoms with van der Waals surface area (Å²) in [5.74, 6) is -0.137. The molecule has 0 aliphatic carbocycles. The predicted molar refractivity (Wildman–Crippen MR) is 118 cm³/mol. The van der Waals surface area contributed by atoms with Crippen molar-refractivity contribution in [2.45, 2.75) is 52.7 Å². The van der Waals surface area contributed by atoms with Crippen molar-refractivity contribution in [3.8, 4) is 0 Å². The number of hydrogen-bond donors (Lipinski definition) is 2. The van der Waals surface area contributed by atoms with Crippen molar-refractivity contribution in [2.75, 3.05) is 18.5 Å². The molecule has 1 saturated heterocycles. The largest absolute Gasteiger partial charge is 0.381 e. The summed E-state index contributed by atoms with van der Waals surface area (Å²) in [6.07, 6.45) is 5.29. The number of benzene rings is 1. The van der Waals surface area contributed by atoms with E-state index in [1.54, 1.807) is 12.4 Å². The van der Waals surface area contributed by atoms with Crippen molar-refractivity contribution >= 4 is 22.6 Å². The van der Waals surface area contributed by atoms with E-state index in [4.69, 9.17) is 4.74 Å². The van der Waals surface area contributed by atoms with Crippen molar-refractivity contribution < 1.29 is 9.53 Å². The van der Waals surface area contributed by atoms with E-state index in [2.05, 4.69) is 52.8 Å². The van der Waals surface area contributed by atoms with Crippen LogP contribution in [0.3, 0.4) is 0 Å². The summed E-state index contributed by atoms with van der Waals surface area (Å²) in [4.78, 5) is 17.7. The summed E-state index contributed by atoms with van der Waals surface area (Å²) < 4.78 is 7.33. The van der Waals surface area contributed by atoms with Gasteiger partial charge in [0.05, 0.1) is 22.8 Å². The maximum atomic E-state index is 13.1. The Kier molecular flexibility index (Phi) is 5.99. The lowest BCUT2D eigenvalue weighted by molar-refractivity contribution is 0.0904. The number of carbonyl (C=O) groups excluding carboxylic acids is 1. The minimum atomic E-state index is -0.137. The molecule has 3 aromatic rings. The first-order valence-corrected chi connectivity index (χ1v) is 10.6. The highest BCUT2D eigenvalue weighted by Crippen LogP contribution is 2.28. The molecule has 0 atom stereocenters. The maximum Gasteiger partial charge on any atom is 0.255 e. The van der Waals surface area contributed by atoms with E-state index in [-0.39, 0.29) is 11.9 Å². The zero-order valence-electron chi connectivity index (χ0n) is 17.9. The number of hydrogen-bond acceptors (Lipinski definition) is 5. The van der Waals surface area contributed by atoms with Crippen molar-refractivity contribution in [1.29, 1.82) is 0 Å². The second-order valence-electron chi connectivity index (χ2n) is 7.95. The van der Waals surface area contributed by atoms with E-state index in [1.165, 1.54) is 11.1 Å². The van der Waals surface area contributed by atoms with Crippen LogP contribution in [0.25, 0.3) is 11.0 Å². The molecule has 4 rings (SSSR count). The standard InChI is InChI=1S/C23H29N5O2/c1-4-28-22-19(14-26-28)21(27-18-5-7-30-8-6-18)20(13-24-22)23(29)25-12-17-10-15(2)9-16(3)11-17/h9-11,13-14,18H,4-8,12H2,1-3H3,(H,24,27)(H,25,29). The highest BCUT2D eigenvalue weighted by atomic mass is 16.5. The molecular weight excluding hydrogens is 378 g/mol. The fourth-order valence-electron chi connectivity index (χ4n) is 4.08. The van der Waals surface area contributed by atoms with Gasteiger partial charge in [0.2, 0.25) is 0 Å². The molecule has 0 bridgehead atoms. The van der Waals surface area contributed by atoms with Gasteiger partial charge in [-0.3, -0.25) is 4.79 Å². The fraction of sp³-hybridized carbons (Fsp3) is 0.435. The van der Waals surface area contributed by atoms with E-state index >= 15 is 0 Å². The highest BCUT2D eigenvalue weighted by Gasteiger charge is 2.22. The molecule has 2 N–H and O–H groups in total. The van der Waals surface area contributed by atoms with Crippen molar-refractivity contribution in [1.82, 2.24) is 20.1 Å². The molecule has 1 aliphatic heterocycles. The molecule has 1 aromatic carbocycles. The molecule has 0 saturated carbocycles. The van der Waals surface area contributed by atoms with Crippen molar-refractivity contribution in [3.05, 3.63) is 52.8 Å². The average molecular weight is 408 g/mol. The SMILES string of the molecule is CCn1ncc2c(NC3CCOCC3)c(C(=O)NCc3cc(C)cc(C)c3)cnc21. The Bertz CT molecular complexity index is 1030. The van der Waals surface area contributed by atoms with E-state index in [1.807, 2.05) is 11.6 Å². The van der Waals surface area contributed by atoms with Gasteiger partial charge in [-0.1, -0.05) is 29.3 Å².